The number of carbonyl (C=O) groups is 2. The molecular formula is C18H34NO5PS. The first-order valence-corrected chi connectivity index (χ1v) is 11.8. The Bertz CT molecular complexity index is 542. The molecule has 6 nitrogen and oxygen atoms in total. The number of nitrogens with zero attached hydrogens (tertiary/aromatic N) is 1. The van der Waals surface area contributed by atoms with Crippen LogP contribution in [0.1, 0.15) is 41.5 Å². The van der Waals surface area contributed by atoms with Crippen LogP contribution >= 0.6 is 19.3 Å². The summed E-state index contributed by atoms with van der Waals surface area (Å²) in [5, 5.41) is 0.0599. The fourth-order valence-electron chi connectivity index (χ4n) is 1.79. The second-order valence-electron chi connectivity index (χ2n) is 7.42. The molecular weight excluding hydrogens is 373 g/mol. The third-order valence-electron chi connectivity index (χ3n) is 3.44. The minimum Gasteiger partial charge on any atom is -0.465 e. The molecule has 0 N–H and O–H groups in total. The first-order chi connectivity index (χ1) is 11.8. The van der Waals surface area contributed by atoms with E-state index in [1.807, 2.05) is 40.7 Å². The number of carbonyl (C=O) groups excluding carboxylic acids is 2. The van der Waals surface area contributed by atoms with Crippen LogP contribution in [0.15, 0.2) is 12.2 Å². The minimum absolute atomic E-state index is 0.0599. The van der Waals surface area contributed by atoms with Gasteiger partial charge in [0.25, 0.3) is 7.52 Å². The van der Waals surface area contributed by atoms with Crippen molar-refractivity contribution in [3.8, 4) is 0 Å². The lowest BCUT2D eigenvalue weighted by Gasteiger charge is -2.29. The Kier molecular flexibility index (Phi) is 11.0. The van der Waals surface area contributed by atoms with E-state index in [0.29, 0.717) is 5.75 Å². The Morgan fingerprint density at radius 1 is 1.23 bits per heavy atom. The van der Waals surface area contributed by atoms with E-state index in [-0.39, 0.29) is 24.2 Å². The van der Waals surface area contributed by atoms with Crippen LogP contribution in [-0.2, 0) is 23.4 Å². The highest BCUT2D eigenvalue weighted by molar-refractivity contribution is 8.13. The Labute approximate surface area is 162 Å². The van der Waals surface area contributed by atoms with Gasteiger partial charge in [-0.3, -0.25) is 9.36 Å². The zero-order chi connectivity index (χ0) is 20.5. The zero-order valence-electron chi connectivity index (χ0n) is 17.3. The number of ether oxygens (including phenoxy) is 1. The van der Waals surface area contributed by atoms with E-state index in [2.05, 4.69) is 0 Å². The molecule has 2 atom stereocenters. The van der Waals surface area contributed by atoms with E-state index < -0.39 is 24.9 Å². The summed E-state index contributed by atoms with van der Waals surface area (Å²) in [7, 11) is -1.64. The van der Waals surface area contributed by atoms with Gasteiger partial charge in [0.2, 0.25) is 0 Å². The fraction of sp³-hybridized carbons (Fsp3) is 0.778. The van der Waals surface area contributed by atoms with Crippen LogP contribution in [0.2, 0.25) is 0 Å². The van der Waals surface area contributed by atoms with E-state index in [0.717, 1.165) is 11.8 Å². The van der Waals surface area contributed by atoms with Crippen LogP contribution in [-0.4, -0.2) is 54.5 Å². The number of thioether (sulfide) groups is 1. The van der Waals surface area contributed by atoms with Crippen molar-refractivity contribution in [2.45, 2.75) is 47.6 Å². The molecule has 0 spiro atoms. The van der Waals surface area contributed by atoms with Crippen molar-refractivity contribution in [1.82, 2.24) is 4.67 Å². The molecule has 0 saturated heterocycles. The summed E-state index contributed by atoms with van der Waals surface area (Å²) < 4.78 is 25.0. The summed E-state index contributed by atoms with van der Waals surface area (Å²) in [5.74, 6) is 0.195. The topological polar surface area (TPSA) is 72.9 Å². The molecule has 0 rings (SSSR count). The highest BCUT2D eigenvalue weighted by Crippen LogP contribution is 2.47. The van der Waals surface area contributed by atoms with Gasteiger partial charge in [0, 0.05) is 17.8 Å². The molecule has 0 aromatic heterocycles. The van der Waals surface area contributed by atoms with Crippen molar-refractivity contribution >= 4 is 30.4 Å². The third-order valence-corrected chi connectivity index (χ3v) is 6.74. The lowest BCUT2D eigenvalue weighted by molar-refractivity contribution is -0.145. The summed E-state index contributed by atoms with van der Waals surface area (Å²) >= 11 is 1.16. The Morgan fingerprint density at radius 3 is 2.27 bits per heavy atom. The Balaban J connectivity index is 4.90. The summed E-state index contributed by atoms with van der Waals surface area (Å²) in [4.78, 5) is 24.1. The molecule has 152 valence electrons. The van der Waals surface area contributed by atoms with E-state index >= 15 is 0 Å². The zero-order valence-corrected chi connectivity index (χ0v) is 19.0. The third kappa shape index (κ3) is 9.36. The van der Waals surface area contributed by atoms with Gasteiger partial charge in [-0.05, 0) is 19.9 Å². The van der Waals surface area contributed by atoms with Crippen molar-refractivity contribution in [1.29, 1.82) is 0 Å². The Morgan fingerprint density at radius 2 is 1.81 bits per heavy atom. The first kappa shape index (κ1) is 25.4. The van der Waals surface area contributed by atoms with Crippen molar-refractivity contribution in [2.24, 2.45) is 11.3 Å². The highest BCUT2D eigenvalue weighted by atomic mass is 32.2. The van der Waals surface area contributed by atoms with Gasteiger partial charge in [0.1, 0.15) is 6.04 Å². The number of allylic oxidation sites excluding steroid dienone is 1. The predicted octanol–water partition coefficient (Wildman–Crippen LogP) is 4.21. The second-order valence-corrected chi connectivity index (χ2v) is 11.0. The fourth-order valence-corrected chi connectivity index (χ4v) is 3.93. The molecule has 0 aliphatic heterocycles. The molecule has 0 amide bonds. The van der Waals surface area contributed by atoms with Crippen LogP contribution in [0.5, 0.6) is 0 Å². The molecule has 0 bridgehead atoms. The Hall–Kier alpha value is -0.620. The van der Waals surface area contributed by atoms with Crippen LogP contribution in [0.4, 0.5) is 0 Å². The van der Waals surface area contributed by atoms with Gasteiger partial charge in [0.05, 0.1) is 13.2 Å². The van der Waals surface area contributed by atoms with Gasteiger partial charge < -0.3 is 9.26 Å². The van der Waals surface area contributed by atoms with Crippen molar-refractivity contribution < 1.29 is 23.4 Å². The van der Waals surface area contributed by atoms with Crippen LogP contribution < -0.4 is 0 Å². The molecule has 0 aliphatic carbocycles. The van der Waals surface area contributed by atoms with E-state index in [1.165, 1.54) is 11.3 Å². The van der Waals surface area contributed by atoms with Gasteiger partial charge in [-0.1, -0.05) is 58.5 Å². The van der Waals surface area contributed by atoms with Gasteiger partial charge >= 0.3 is 5.97 Å². The van der Waals surface area contributed by atoms with Crippen molar-refractivity contribution in [2.75, 3.05) is 32.7 Å². The molecule has 0 aromatic carbocycles. The normalized spacial score (nSPS) is 16.1. The average molecular weight is 408 g/mol. The molecule has 0 saturated carbocycles. The smallest absolute Gasteiger partial charge is 0.327 e. The SMILES string of the molecule is CCOC(=O)C(/C=C/C(C)C)N(C)P(C)(=O)OCCSC(=O)C(C)(C)C. The van der Waals surface area contributed by atoms with Crippen LogP contribution in [0.3, 0.4) is 0 Å². The quantitative estimate of drug-likeness (QED) is 0.232. The predicted molar refractivity (Wildman–Crippen MR) is 109 cm³/mol. The number of hydrogen-bond acceptors (Lipinski definition) is 6. The standard InChI is InChI=1S/C18H34NO5PS/c1-9-23-16(20)15(11-10-14(2)3)19(7)25(8,22)24-12-13-26-17(21)18(4,5)6/h10-11,14-15H,9,12-13H2,1-8H3/b11-10+. The largest absolute Gasteiger partial charge is 0.465 e. The summed E-state index contributed by atoms with van der Waals surface area (Å²) in [6, 6.07) is -0.781. The molecule has 8 heteroatoms. The molecule has 0 radical (unpaired) electrons. The summed E-state index contributed by atoms with van der Waals surface area (Å²) in [6.07, 6.45) is 3.57. The number of rotatable bonds is 10. The molecule has 0 aliphatic rings. The maximum atomic E-state index is 12.9. The average Bonchev–Trinajstić information content (AvgIpc) is 2.50. The number of esters is 1. The lowest BCUT2D eigenvalue weighted by atomic mass is 10.00. The monoisotopic (exact) mass is 407 g/mol. The van der Waals surface area contributed by atoms with Gasteiger partial charge in [0.15, 0.2) is 5.12 Å². The molecule has 2 unspecified atom stereocenters. The van der Waals surface area contributed by atoms with Gasteiger partial charge in [-0.2, -0.15) is 0 Å². The van der Waals surface area contributed by atoms with E-state index in [1.54, 1.807) is 20.0 Å². The molecule has 0 aromatic rings. The maximum absolute atomic E-state index is 12.9. The maximum Gasteiger partial charge on any atom is 0.327 e. The number of hydrogen-bond donors (Lipinski definition) is 0. The molecule has 26 heavy (non-hydrogen) atoms. The van der Waals surface area contributed by atoms with E-state index in [4.69, 9.17) is 9.26 Å². The van der Waals surface area contributed by atoms with Crippen LogP contribution in [0.25, 0.3) is 0 Å². The number of likely N-dealkylation sites (N-methyl/N-ethyl adjacent to an activating group) is 1. The van der Waals surface area contributed by atoms with Crippen LogP contribution in [0, 0.1) is 11.3 Å². The summed E-state index contributed by atoms with van der Waals surface area (Å²) in [5.41, 5.74) is -0.423. The first-order valence-electron chi connectivity index (χ1n) is 8.80. The highest BCUT2D eigenvalue weighted by Gasteiger charge is 2.33. The lowest BCUT2D eigenvalue weighted by Crippen LogP contribution is -2.36. The molecule has 0 heterocycles. The minimum atomic E-state index is -3.22. The van der Waals surface area contributed by atoms with Gasteiger partial charge in [-0.15, -0.1) is 0 Å². The summed E-state index contributed by atoms with van der Waals surface area (Å²) in [6.45, 7) is 13.2. The van der Waals surface area contributed by atoms with E-state index in [9.17, 15) is 14.2 Å². The molecule has 0 fully saturated rings. The van der Waals surface area contributed by atoms with Gasteiger partial charge in [-0.25, -0.2) is 9.46 Å². The second kappa shape index (κ2) is 11.3. The van der Waals surface area contributed by atoms with Crippen molar-refractivity contribution in [3.63, 3.8) is 0 Å². The van der Waals surface area contributed by atoms with Crippen molar-refractivity contribution in [3.05, 3.63) is 12.2 Å².